The van der Waals surface area contributed by atoms with Crippen LogP contribution >= 0.6 is 15.9 Å². The summed E-state index contributed by atoms with van der Waals surface area (Å²) in [5.74, 6) is 1.01. The van der Waals surface area contributed by atoms with E-state index in [-0.39, 0.29) is 31.1 Å². The van der Waals surface area contributed by atoms with Crippen molar-refractivity contribution in [3.8, 4) is 22.9 Å². The molecule has 4 rings (SSSR count). The minimum Gasteiger partial charge on any atom is -0.486 e. The molecule has 3 aromatic rings. The van der Waals surface area contributed by atoms with E-state index in [2.05, 4.69) is 26.1 Å². The first kappa shape index (κ1) is 20.1. The predicted octanol–water partition coefficient (Wildman–Crippen LogP) is 3.98. The first-order chi connectivity index (χ1) is 14.6. The van der Waals surface area contributed by atoms with Crippen LogP contribution in [0.15, 0.2) is 51.5 Å². The molecular formula is C21H17BrN2O6. The molecule has 0 radical (unpaired) electrons. The molecule has 2 heterocycles. The molecule has 0 spiro atoms. The lowest BCUT2D eigenvalue weighted by atomic mass is 10.1. The number of aromatic nitrogens is 2. The average molecular weight is 473 g/mol. The van der Waals surface area contributed by atoms with Gasteiger partial charge in [-0.3, -0.25) is 9.59 Å². The molecule has 1 aromatic heterocycles. The topological polar surface area (TPSA) is 101 Å². The van der Waals surface area contributed by atoms with E-state index in [0.717, 1.165) is 10.0 Å². The van der Waals surface area contributed by atoms with Gasteiger partial charge in [0.05, 0.1) is 6.42 Å². The van der Waals surface area contributed by atoms with Crippen LogP contribution in [0.4, 0.5) is 0 Å². The van der Waals surface area contributed by atoms with E-state index >= 15 is 0 Å². The van der Waals surface area contributed by atoms with Crippen molar-refractivity contribution in [1.82, 2.24) is 10.1 Å². The van der Waals surface area contributed by atoms with Crippen LogP contribution in [0.2, 0.25) is 0 Å². The second-order valence-corrected chi connectivity index (χ2v) is 7.38. The second-order valence-electron chi connectivity index (χ2n) is 6.46. The number of hydrogen-bond acceptors (Lipinski definition) is 8. The number of halogens is 1. The Balaban J connectivity index is 1.27. The number of esters is 1. The van der Waals surface area contributed by atoms with Crippen LogP contribution in [0, 0.1) is 0 Å². The van der Waals surface area contributed by atoms with E-state index in [1.54, 1.807) is 18.2 Å². The molecule has 0 saturated carbocycles. The maximum absolute atomic E-state index is 12.3. The number of nitrogens with zero attached hydrogens (tertiary/aromatic N) is 2. The van der Waals surface area contributed by atoms with Crippen molar-refractivity contribution in [3.63, 3.8) is 0 Å². The smallest absolute Gasteiger partial charge is 0.306 e. The lowest BCUT2D eigenvalue weighted by Crippen LogP contribution is -2.16. The van der Waals surface area contributed by atoms with Gasteiger partial charge in [0, 0.05) is 22.0 Å². The number of ketones is 1. The lowest BCUT2D eigenvalue weighted by Gasteiger charge is -2.18. The van der Waals surface area contributed by atoms with Crippen LogP contribution in [0.3, 0.4) is 0 Å². The molecule has 0 unspecified atom stereocenters. The minimum atomic E-state index is -0.525. The summed E-state index contributed by atoms with van der Waals surface area (Å²) in [6, 6.07) is 12.4. The zero-order valence-corrected chi connectivity index (χ0v) is 17.4. The summed E-state index contributed by atoms with van der Waals surface area (Å²) in [6.45, 7) is 0.768. The van der Waals surface area contributed by atoms with Gasteiger partial charge < -0.3 is 18.7 Å². The van der Waals surface area contributed by atoms with Crippen molar-refractivity contribution in [2.45, 2.75) is 19.4 Å². The second kappa shape index (κ2) is 9.08. The van der Waals surface area contributed by atoms with Crippen molar-refractivity contribution in [1.29, 1.82) is 0 Å². The molecule has 9 heteroatoms. The summed E-state index contributed by atoms with van der Waals surface area (Å²) >= 11 is 3.38. The van der Waals surface area contributed by atoms with Gasteiger partial charge >= 0.3 is 5.97 Å². The fourth-order valence-electron chi connectivity index (χ4n) is 2.85. The van der Waals surface area contributed by atoms with E-state index < -0.39 is 5.97 Å². The number of fused-ring (bicyclic) bond motifs is 1. The van der Waals surface area contributed by atoms with Gasteiger partial charge in [-0.15, -0.1) is 0 Å². The van der Waals surface area contributed by atoms with Gasteiger partial charge in [-0.05, 0) is 30.3 Å². The molecule has 0 saturated heterocycles. The summed E-state index contributed by atoms with van der Waals surface area (Å²) in [5, 5.41) is 3.88. The Morgan fingerprint density at radius 3 is 2.70 bits per heavy atom. The Bertz CT molecular complexity index is 1080. The summed E-state index contributed by atoms with van der Waals surface area (Å²) < 4.78 is 22.0. The third-order valence-electron chi connectivity index (χ3n) is 4.33. The van der Waals surface area contributed by atoms with Crippen molar-refractivity contribution in [3.05, 3.63) is 58.4 Å². The molecule has 154 valence electrons. The van der Waals surface area contributed by atoms with Gasteiger partial charge in [0.2, 0.25) is 5.82 Å². The van der Waals surface area contributed by atoms with E-state index in [4.69, 9.17) is 18.7 Å². The molecule has 2 aromatic carbocycles. The van der Waals surface area contributed by atoms with Gasteiger partial charge in [0.15, 0.2) is 23.9 Å². The van der Waals surface area contributed by atoms with Crippen LogP contribution in [0.25, 0.3) is 11.4 Å². The van der Waals surface area contributed by atoms with Crippen molar-refractivity contribution in [2.24, 2.45) is 0 Å². The molecule has 8 nitrogen and oxygen atoms in total. The van der Waals surface area contributed by atoms with Gasteiger partial charge in [0.1, 0.15) is 13.2 Å². The molecule has 0 aliphatic carbocycles. The van der Waals surface area contributed by atoms with Crippen LogP contribution in [-0.2, 0) is 16.1 Å². The largest absolute Gasteiger partial charge is 0.486 e. The zero-order chi connectivity index (χ0) is 20.9. The number of carbonyl (C=O) groups excluding carboxylic acids is 2. The summed E-state index contributed by atoms with van der Waals surface area (Å²) in [4.78, 5) is 28.5. The average Bonchev–Trinajstić information content (AvgIpc) is 3.25. The highest BCUT2D eigenvalue weighted by atomic mass is 79.9. The molecule has 0 amide bonds. The molecule has 30 heavy (non-hydrogen) atoms. The van der Waals surface area contributed by atoms with E-state index in [1.807, 2.05) is 24.3 Å². The van der Waals surface area contributed by atoms with Gasteiger partial charge in [-0.25, -0.2) is 0 Å². The van der Waals surface area contributed by atoms with Gasteiger partial charge in [0.25, 0.3) is 5.89 Å². The molecule has 0 N–H and O–H groups in total. The number of carbonyl (C=O) groups is 2. The molecular weight excluding hydrogens is 456 g/mol. The maximum Gasteiger partial charge on any atom is 0.306 e. The minimum absolute atomic E-state index is 0.0194. The Morgan fingerprint density at radius 2 is 1.87 bits per heavy atom. The van der Waals surface area contributed by atoms with Crippen LogP contribution in [0.1, 0.15) is 29.1 Å². The molecule has 0 atom stereocenters. The highest BCUT2D eigenvalue weighted by Crippen LogP contribution is 2.31. The molecule has 0 fully saturated rings. The lowest BCUT2D eigenvalue weighted by molar-refractivity contribution is -0.145. The summed E-state index contributed by atoms with van der Waals surface area (Å²) in [6.07, 6.45) is -0.0362. The Morgan fingerprint density at radius 1 is 1.03 bits per heavy atom. The SMILES string of the molecule is O=C(CCC(=O)c1ccc2c(c1)OCCO2)OCc1nc(-c2cccc(Br)c2)no1. The standard InChI is InChI=1S/C21H17BrN2O6/c22-15-3-1-2-14(10-15)21-23-19(30-24-21)12-29-20(26)7-5-16(25)13-4-6-17-18(11-13)28-9-8-27-17/h1-4,6,10-11H,5,7-9,12H2. The fourth-order valence-corrected chi connectivity index (χ4v) is 3.25. The Labute approximate surface area is 180 Å². The first-order valence-corrected chi connectivity index (χ1v) is 10.0. The van der Waals surface area contributed by atoms with Crippen molar-refractivity contribution >= 4 is 27.7 Å². The van der Waals surface area contributed by atoms with E-state index in [0.29, 0.717) is 36.1 Å². The highest BCUT2D eigenvalue weighted by molar-refractivity contribution is 9.10. The molecule has 1 aliphatic rings. The third-order valence-corrected chi connectivity index (χ3v) is 4.82. The van der Waals surface area contributed by atoms with Crippen molar-refractivity contribution < 1.29 is 28.3 Å². The molecule has 1 aliphatic heterocycles. The van der Waals surface area contributed by atoms with E-state index in [1.165, 1.54) is 0 Å². The Hall–Kier alpha value is -3.20. The quantitative estimate of drug-likeness (QED) is 0.375. The van der Waals surface area contributed by atoms with Crippen LogP contribution in [0.5, 0.6) is 11.5 Å². The number of Topliss-reactive ketones (excluding diaryl/α,β-unsaturated/α-hetero) is 1. The monoisotopic (exact) mass is 472 g/mol. The Kier molecular flexibility index (Phi) is 6.08. The maximum atomic E-state index is 12.3. The van der Waals surface area contributed by atoms with E-state index in [9.17, 15) is 9.59 Å². The first-order valence-electron chi connectivity index (χ1n) is 9.25. The normalized spacial score (nSPS) is 12.4. The third kappa shape index (κ3) is 4.85. The van der Waals surface area contributed by atoms with Crippen molar-refractivity contribution in [2.75, 3.05) is 13.2 Å². The summed E-state index contributed by atoms with van der Waals surface area (Å²) in [5.41, 5.74) is 1.23. The number of benzene rings is 2. The van der Waals surface area contributed by atoms with Gasteiger partial charge in [-0.2, -0.15) is 4.98 Å². The fraction of sp³-hybridized carbons (Fsp3) is 0.238. The highest BCUT2D eigenvalue weighted by Gasteiger charge is 2.17. The zero-order valence-electron chi connectivity index (χ0n) is 15.8. The number of rotatable bonds is 7. The van der Waals surface area contributed by atoms with Crippen LogP contribution in [-0.4, -0.2) is 35.1 Å². The summed E-state index contributed by atoms with van der Waals surface area (Å²) in [7, 11) is 0. The number of hydrogen-bond donors (Lipinski definition) is 0. The van der Waals surface area contributed by atoms with Gasteiger partial charge in [-0.1, -0.05) is 33.2 Å². The predicted molar refractivity (Wildman–Crippen MR) is 108 cm³/mol. The molecule has 0 bridgehead atoms. The number of ether oxygens (including phenoxy) is 3. The van der Waals surface area contributed by atoms with Crippen LogP contribution < -0.4 is 9.47 Å².